The van der Waals surface area contributed by atoms with Crippen molar-refractivity contribution in [3.8, 4) is 0 Å². The lowest BCUT2D eigenvalue weighted by Crippen LogP contribution is -2.32. The van der Waals surface area contributed by atoms with Crippen LogP contribution in [-0.4, -0.2) is 29.9 Å². The predicted molar refractivity (Wildman–Crippen MR) is 85.1 cm³/mol. The number of anilines is 1. The molecular formula is C17H21N3O. The summed E-state index contributed by atoms with van der Waals surface area (Å²) in [6.45, 7) is 2.08. The second kappa shape index (κ2) is 6.99. The molecule has 1 atom stereocenters. The fourth-order valence-corrected chi connectivity index (χ4v) is 2.37. The van der Waals surface area contributed by atoms with Crippen molar-refractivity contribution >= 4 is 11.6 Å². The standard InChI is InChI=1S/C17H21N3O/c1-4-13-8-5-6-10-15(13)19-17(21)16(20(2)3)14-9-7-11-18-12-14/h5-12,16H,4H2,1-3H3,(H,19,21). The summed E-state index contributed by atoms with van der Waals surface area (Å²) in [5.41, 5.74) is 2.89. The van der Waals surface area contributed by atoms with Gasteiger partial charge in [0, 0.05) is 18.1 Å². The third-order valence-electron chi connectivity index (χ3n) is 3.42. The van der Waals surface area contributed by atoms with Gasteiger partial charge in [-0.25, -0.2) is 0 Å². The van der Waals surface area contributed by atoms with Gasteiger partial charge in [-0.05, 0) is 43.8 Å². The second-order valence-electron chi connectivity index (χ2n) is 5.15. The van der Waals surface area contributed by atoms with Crippen molar-refractivity contribution in [3.63, 3.8) is 0 Å². The largest absolute Gasteiger partial charge is 0.324 e. The Balaban J connectivity index is 2.24. The Morgan fingerprint density at radius 3 is 2.62 bits per heavy atom. The Kier molecular flexibility index (Phi) is 5.06. The van der Waals surface area contributed by atoms with Crippen LogP contribution in [0, 0.1) is 0 Å². The lowest BCUT2D eigenvalue weighted by atomic mass is 10.1. The van der Waals surface area contributed by atoms with Crippen LogP contribution in [0.5, 0.6) is 0 Å². The van der Waals surface area contributed by atoms with E-state index in [1.165, 1.54) is 0 Å². The third-order valence-corrected chi connectivity index (χ3v) is 3.42. The molecule has 0 fully saturated rings. The molecule has 0 aliphatic heterocycles. The van der Waals surface area contributed by atoms with Crippen LogP contribution in [0.2, 0.25) is 0 Å². The number of rotatable bonds is 5. The number of carbonyl (C=O) groups is 1. The zero-order valence-electron chi connectivity index (χ0n) is 12.7. The van der Waals surface area contributed by atoms with Gasteiger partial charge >= 0.3 is 0 Å². The second-order valence-corrected chi connectivity index (χ2v) is 5.15. The van der Waals surface area contributed by atoms with Crippen LogP contribution in [0.15, 0.2) is 48.8 Å². The summed E-state index contributed by atoms with van der Waals surface area (Å²) in [5.74, 6) is -0.0473. The van der Waals surface area contributed by atoms with Gasteiger partial charge in [-0.2, -0.15) is 0 Å². The maximum Gasteiger partial charge on any atom is 0.246 e. The Hall–Kier alpha value is -2.20. The molecule has 2 aromatic rings. The van der Waals surface area contributed by atoms with E-state index in [-0.39, 0.29) is 11.9 Å². The first kappa shape index (κ1) is 15.2. The van der Waals surface area contributed by atoms with Crippen molar-refractivity contribution in [3.05, 3.63) is 59.9 Å². The molecule has 4 nitrogen and oxygen atoms in total. The summed E-state index contributed by atoms with van der Waals surface area (Å²) < 4.78 is 0. The molecule has 21 heavy (non-hydrogen) atoms. The van der Waals surface area contributed by atoms with Crippen molar-refractivity contribution in [2.24, 2.45) is 0 Å². The molecule has 1 heterocycles. The lowest BCUT2D eigenvalue weighted by Gasteiger charge is -2.24. The van der Waals surface area contributed by atoms with Crippen molar-refractivity contribution in [1.82, 2.24) is 9.88 Å². The first-order valence-corrected chi connectivity index (χ1v) is 7.08. The van der Waals surface area contributed by atoms with Crippen molar-refractivity contribution in [1.29, 1.82) is 0 Å². The fourth-order valence-electron chi connectivity index (χ4n) is 2.37. The van der Waals surface area contributed by atoms with E-state index >= 15 is 0 Å². The highest BCUT2D eigenvalue weighted by molar-refractivity contribution is 5.96. The number of carbonyl (C=O) groups excluding carboxylic acids is 1. The van der Waals surface area contributed by atoms with Gasteiger partial charge in [-0.15, -0.1) is 0 Å². The number of para-hydroxylation sites is 1. The first-order chi connectivity index (χ1) is 10.1. The van der Waals surface area contributed by atoms with Crippen LogP contribution < -0.4 is 5.32 Å². The number of hydrogen-bond acceptors (Lipinski definition) is 3. The first-order valence-electron chi connectivity index (χ1n) is 7.08. The molecule has 0 saturated carbocycles. The molecule has 110 valence electrons. The van der Waals surface area contributed by atoms with Crippen LogP contribution in [0.4, 0.5) is 5.69 Å². The Morgan fingerprint density at radius 1 is 1.24 bits per heavy atom. The predicted octanol–water partition coefficient (Wildman–Crippen LogP) is 2.89. The van der Waals surface area contributed by atoms with Gasteiger partial charge in [0.15, 0.2) is 0 Å². The Bertz CT molecular complexity index is 596. The molecule has 1 aromatic carbocycles. The smallest absolute Gasteiger partial charge is 0.246 e. The summed E-state index contributed by atoms with van der Waals surface area (Å²) in [7, 11) is 3.78. The third kappa shape index (κ3) is 3.67. The molecule has 0 aliphatic carbocycles. The number of aromatic nitrogens is 1. The number of nitrogens with one attached hydrogen (secondary N) is 1. The van der Waals surface area contributed by atoms with Gasteiger partial charge < -0.3 is 5.32 Å². The van der Waals surface area contributed by atoms with E-state index in [0.29, 0.717) is 0 Å². The summed E-state index contributed by atoms with van der Waals surface area (Å²) in [6, 6.07) is 11.3. The van der Waals surface area contributed by atoms with E-state index in [1.807, 2.05) is 55.4 Å². The molecule has 4 heteroatoms. The summed E-state index contributed by atoms with van der Waals surface area (Å²) >= 11 is 0. The van der Waals surface area contributed by atoms with Crippen LogP contribution >= 0.6 is 0 Å². The Labute approximate surface area is 125 Å². The minimum Gasteiger partial charge on any atom is -0.324 e. The number of hydrogen-bond donors (Lipinski definition) is 1. The molecule has 0 aliphatic rings. The molecule has 1 amide bonds. The van der Waals surface area contributed by atoms with Crippen molar-refractivity contribution in [2.45, 2.75) is 19.4 Å². The van der Waals surface area contributed by atoms with Crippen LogP contribution in [0.3, 0.4) is 0 Å². The zero-order chi connectivity index (χ0) is 15.2. The molecule has 0 spiro atoms. The average Bonchev–Trinajstić information content (AvgIpc) is 2.48. The number of pyridine rings is 1. The summed E-state index contributed by atoms with van der Waals surface area (Å²) in [4.78, 5) is 18.6. The molecule has 1 N–H and O–H groups in total. The number of aryl methyl sites for hydroxylation is 1. The molecule has 0 radical (unpaired) electrons. The van der Waals surface area contributed by atoms with E-state index in [0.717, 1.165) is 23.2 Å². The van der Waals surface area contributed by atoms with E-state index in [9.17, 15) is 4.79 Å². The van der Waals surface area contributed by atoms with Crippen LogP contribution in [0.1, 0.15) is 24.1 Å². The minimum atomic E-state index is -0.358. The molecule has 1 aromatic heterocycles. The molecule has 0 bridgehead atoms. The van der Waals surface area contributed by atoms with Gasteiger partial charge in [0.25, 0.3) is 0 Å². The summed E-state index contributed by atoms with van der Waals surface area (Å²) in [6.07, 6.45) is 4.33. The highest BCUT2D eigenvalue weighted by Gasteiger charge is 2.23. The van der Waals surface area contributed by atoms with Crippen LogP contribution in [0.25, 0.3) is 0 Å². The van der Waals surface area contributed by atoms with Gasteiger partial charge in [-0.1, -0.05) is 31.2 Å². The number of amides is 1. The van der Waals surface area contributed by atoms with Crippen molar-refractivity contribution in [2.75, 3.05) is 19.4 Å². The zero-order valence-corrected chi connectivity index (χ0v) is 12.7. The normalized spacial score (nSPS) is 12.2. The minimum absolute atomic E-state index is 0.0473. The highest BCUT2D eigenvalue weighted by atomic mass is 16.2. The number of nitrogens with zero attached hydrogens (tertiary/aromatic N) is 2. The molecule has 2 rings (SSSR count). The maximum atomic E-state index is 12.6. The quantitative estimate of drug-likeness (QED) is 0.917. The SMILES string of the molecule is CCc1ccccc1NC(=O)C(c1cccnc1)N(C)C. The van der Waals surface area contributed by atoms with E-state index in [4.69, 9.17) is 0 Å². The van der Waals surface area contributed by atoms with Gasteiger partial charge in [0.1, 0.15) is 6.04 Å². The van der Waals surface area contributed by atoms with Gasteiger partial charge in [-0.3, -0.25) is 14.7 Å². The molecular weight excluding hydrogens is 262 g/mol. The maximum absolute atomic E-state index is 12.6. The van der Waals surface area contributed by atoms with Crippen molar-refractivity contribution < 1.29 is 4.79 Å². The van der Waals surface area contributed by atoms with Gasteiger partial charge in [0.2, 0.25) is 5.91 Å². The monoisotopic (exact) mass is 283 g/mol. The van der Waals surface area contributed by atoms with E-state index in [2.05, 4.69) is 17.2 Å². The Morgan fingerprint density at radius 2 is 2.00 bits per heavy atom. The van der Waals surface area contributed by atoms with E-state index in [1.54, 1.807) is 12.4 Å². The van der Waals surface area contributed by atoms with Gasteiger partial charge in [0.05, 0.1) is 0 Å². The van der Waals surface area contributed by atoms with Crippen LogP contribution in [-0.2, 0) is 11.2 Å². The topological polar surface area (TPSA) is 45.2 Å². The molecule has 1 unspecified atom stereocenters. The fraction of sp³-hybridized carbons (Fsp3) is 0.294. The molecule has 0 saturated heterocycles. The highest BCUT2D eigenvalue weighted by Crippen LogP contribution is 2.22. The number of benzene rings is 1. The average molecular weight is 283 g/mol. The lowest BCUT2D eigenvalue weighted by molar-refractivity contribution is -0.120. The summed E-state index contributed by atoms with van der Waals surface area (Å²) in [5, 5.41) is 3.03. The number of likely N-dealkylation sites (N-methyl/N-ethyl adjacent to an activating group) is 1. The van der Waals surface area contributed by atoms with E-state index < -0.39 is 0 Å².